The summed E-state index contributed by atoms with van der Waals surface area (Å²) in [6.07, 6.45) is 1.15. The van der Waals surface area contributed by atoms with Gasteiger partial charge < -0.3 is 15.0 Å². The summed E-state index contributed by atoms with van der Waals surface area (Å²) in [6, 6.07) is 6.37. The third-order valence-electron chi connectivity index (χ3n) is 3.42. The van der Waals surface area contributed by atoms with Crippen LogP contribution in [0.1, 0.15) is 12.0 Å². The Balaban J connectivity index is 1.68. The number of nitrogens with two attached hydrogens (primary N) is 1. The molecule has 0 radical (unpaired) electrons. The Hall–Kier alpha value is -0.330. The summed E-state index contributed by atoms with van der Waals surface area (Å²) in [6.45, 7) is 9.38. The molecule has 0 unspecified atom stereocenters. The van der Waals surface area contributed by atoms with Crippen molar-refractivity contribution in [1.82, 2.24) is 0 Å². The molecule has 100 valence electrons. The van der Waals surface area contributed by atoms with Gasteiger partial charge in [0, 0.05) is 6.42 Å². The van der Waals surface area contributed by atoms with E-state index in [4.69, 9.17) is 4.74 Å². The van der Waals surface area contributed by atoms with Crippen LogP contribution in [0, 0.1) is 10.5 Å². The zero-order valence-electron chi connectivity index (χ0n) is 11.0. The summed E-state index contributed by atoms with van der Waals surface area (Å²) >= 11 is 2.35. The number of hydrogen-bond acceptors (Lipinski definition) is 1. The first-order valence-corrected chi connectivity index (χ1v) is 7.88. The number of ether oxygens (including phenoxy) is 1. The lowest BCUT2D eigenvalue weighted by Crippen LogP contribution is -3.20. The lowest BCUT2D eigenvalue weighted by atomic mass is 10.2. The molecule has 0 saturated carbocycles. The van der Waals surface area contributed by atoms with Crippen LogP contribution in [0.2, 0.25) is 0 Å². The summed E-state index contributed by atoms with van der Waals surface area (Å²) in [7, 11) is 0. The molecule has 1 heterocycles. The van der Waals surface area contributed by atoms with Crippen LogP contribution in [0.4, 0.5) is 0 Å². The van der Waals surface area contributed by atoms with Crippen LogP contribution in [0.15, 0.2) is 18.2 Å². The molecule has 0 amide bonds. The number of rotatable bonds is 5. The van der Waals surface area contributed by atoms with E-state index in [2.05, 4.69) is 53.0 Å². The quantitative estimate of drug-likeness (QED) is 0.553. The van der Waals surface area contributed by atoms with Gasteiger partial charge in [-0.25, -0.2) is 0 Å². The normalized spacial score (nSPS) is 16.8. The minimum atomic E-state index is 0.840. The highest BCUT2D eigenvalue weighted by Gasteiger charge is 2.14. The lowest BCUT2D eigenvalue weighted by molar-refractivity contribution is -0.946. The smallest absolute Gasteiger partial charge is 0.132 e. The fourth-order valence-corrected chi connectivity index (χ4v) is 3.19. The van der Waals surface area contributed by atoms with Crippen LogP contribution in [0.25, 0.3) is 0 Å². The number of quaternary nitrogens is 2. The van der Waals surface area contributed by atoms with Crippen LogP contribution in [-0.4, -0.2) is 39.3 Å². The van der Waals surface area contributed by atoms with Gasteiger partial charge in [0.2, 0.25) is 0 Å². The van der Waals surface area contributed by atoms with Crippen molar-refractivity contribution in [1.29, 1.82) is 0 Å². The second-order valence-electron chi connectivity index (χ2n) is 5.00. The lowest BCUT2D eigenvalue weighted by Gasteiger charge is -2.22. The largest absolute Gasteiger partial charge is 0.492 e. The molecule has 0 spiro atoms. The molecule has 0 aliphatic carbocycles. The standard InChI is InChI=1S/C14H21IN2O/c1-12-3-4-14(13(15)11-12)18-10-2-7-17-8-5-16-6-9-17/h3-4,11,16H,2,5-10H2,1H3/p+2. The fourth-order valence-electron chi connectivity index (χ4n) is 2.36. The Labute approximate surface area is 123 Å². The predicted molar refractivity (Wildman–Crippen MR) is 81.2 cm³/mol. The molecular formula is C14H23IN2O+2. The molecule has 1 aromatic carbocycles. The Morgan fingerprint density at radius 3 is 2.83 bits per heavy atom. The Morgan fingerprint density at radius 2 is 2.11 bits per heavy atom. The van der Waals surface area contributed by atoms with Crippen molar-refractivity contribution in [2.24, 2.45) is 0 Å². The Bertz CT molecular complexity index is 378. The van der Waals surface area contributed by atoms with Gasteiger partial charge in [0.15, 0.2) is 0 Å². The molecule has 1 saturated heterocycles. The third-order valence-corrected chi connectivity index (χ3v) is 4.27. The van der Waals surface area contributed by atoms with Crippen LogP contribution in [0.3, 0.4) is 0 Å². The van der Waals surface area contributed by atoms with Gasteiger partial charge in [0.25, 0.3) is 0 Å². The van der Waals surface area contributed by atoms with E-state index in [1.807, 2.05) is 0 Å². The molecule has 3 nitrogen and oxygen atoms in total. The molecule has 1 fully saturated rings. The van der Waals surface area contributed by atoms with E-state index in [0.29, 0.717) is 0 Å². The minimum absolute atomic E-state index is 0.840. The van der Waals surface area contributed by atoms with E-state index in [-0.39, 0.29) is 0 Å². The van der Waals surface area contributed by atoms with Crippen LogP contribution in [-0.2, 0) is 0 Å². The van der Waals surface area contributed by atoms with Gasteiger partial charge in [-0.2, -0.15) is 0 Å². The van der Waals surface area contributed by atoms with Crippen molar-refractivity contribution >= 4 is 22.6 Å². The van der Waals surface area contributed by atoms with Gasteiger partial charge in [-0.05, 0) is 47.2 Å². The zero-order valence-corrected chi connectivity index (χ0v) is 13.2. The second-order valence-corrected chi connectivity index (χ2v) is 6.16. The molecule has 0 bridgehead atoms. The monoisotopic (exact) mass is 362 g/mol. The van der Waals surface area contributed by atoms with E-state index < -0.39 is 0 Å². The first-order chi connectivity index (χ1) is 8.75. The summed E-state index contributed by atoms with van der Waals surface area (Å²) in [5.74, 6) is 1.03. The van der Waals surface area contributed by atoms with Crippen molar-refractivity contribution in [2.75, 3.05) is 39.3 Å². The topological polar surface area (TPSA) is 30.3 Å². The fraction of sp³-hybridized carbons (Fsp3) is 0.571. The SMILES string of the molecule is Cc1ccc(OCCC[NH+]2CC[NH2+]CC2)c(I)c1. The third kappa shape index (κ3) is 4.40. The number of benzene rings is 1. The minimum Gasteiger partial charge on any atom is -0.492 e. The molecule has 0 atom stereocenters. The van der Waals surface area contributed by atoms with E-state index in [1.165, 1.54) is 41.9 Å². The molecule has 2 rings (SSSR count). The predicted octanol–water partition coefficient (Wildman–Crippen LogP) is -0.170. The van der Waals surface area contributed by atoms with Gasteiger partial charge in [-0.3, -0.25) is 0 Å². The van der Waals surface area contributed by atoms with Gasteiger partial charge >= 0.3 is 0 Å². The van der Waals surface area contributed by atoms with E-state index >= 15 is 0 Å². The highest BCUT2D eigenvalue weighted by molar-refractivity contribution is 14.1. The maximum absolute atomic E-state index is 5.85. The maximum atomic E-state index is 5.85. The van der Waals surface area contributed by atoms with Gasteiger partial charge in [-0.15, -0.1) is 0 Å². The Morgan fingerprint density at radius 1 is 1.33 bits per heavy atom. The molecule has 1 aromatic rings. The first-order valence-electron chi connectivity index (χ1n) is 6.80. The summed E-state index contributed by atoms with van der Waals surface area (Å²) in [5.41, 5.74) is 1.29. The number of nitrogens with one attached hydrogen (secondary N) is 1. The average Bonchev–Trinajstić information content (AvgIpc) is 2.38. The van der Waals surface area contributed by atoms with E-state index in [0.717, 1.165) is 18.8 Å². The van der Waals surface area contributed by atoms with Crippen LogP contribution >= 0.6 is 22.6 Å². The number of piperazine rings is 1. The van der Waals surface area contributed by atoms with Gasteiger partial charge in [-0.1, -0.05) is 6.07 Å². The molecule has 1 aliphatic rings. The molecule has 18 heavy (non-hydrogen) atoms. The maximum Gasteiger partial charge on any atom is 0.132 e. The Kier molecular flexibility index (Phi) is 5.72. The molecule has 3 N–H and O–H groups in total. The summed E-state index contributed by atoms with van der Waals surface area (Å²) in [4.78, 5) is 1.74. The van der Waals surface area contributed by atoms with E-state index in [1.54, 1.807) is 4.90 Å². The molecule has 0 aromatic heterocycles. The van der Waals surface area contributed by atoms with Crippen LogP contribution in [0.5, 0.6) is 5.75 Å². The van der Waals surface area contributed by atoms with Crippen molar-refractivity contribution in [3.05, 3.63) is 27.3 Å². The van der Waals surface area contributed by atoms with Gasteiger partial charge in [0.05, 0.1) is 16.7 Å². The number of hydrogen-bond donors (Lipinski definition) is 2. The second kappa shape index (κ2) is 7.31. The van der Waals surface area contributed by atoms with Crippen molar-refractivity contribution in [3.8, 4) is 5.75 Å². The molecule has 4 heteroatoms. The summed E-state index contributed by atoms with van der Waals surface area (Å²) < 4.78 is 7.07. The number of aryl methyl sites for hydroxylation is 1. The van der Waals surface area contributed by atoms with Crippen LogP contribution < -0.4 is 15.0 Å². The van der Waals surface area contributed by atoms with Crippen molar-refractivity contribution < 1.29 is 15.0 Å². The molecular weight excluding hydrogens is 339 g/mol. The zero-order chi connectivity index (χ0) is 12.8. The highest BCUT2D eigenvalue weighted by atomic mass is 127. The first kappa shape index (κ1) is 14.1. The van der Waals surface area contributed by atoms with E-state index in [9.17, 15) is 0 Å². The average molecular weight is 362 g/mol. The van der Waals surface area contributed by atoms with Crippen molar-refractivity contribution in [2.45, 2.75) is 13.3 Å². The number of halogens is 1. The molecule has 1 aliphatic heterocycles. The highest BCUT2D eigenvalue weighted by Crippen LogP contribution is 2.21. The van der Waals surface area contributed by atoms with Crippen molar-refractivity contribution in [3.63, 3.8) is 0 Å². The summed E-state index contributed by atoms with van der Waals surface area (Å²) in [5, 5.41) is 2.41. The van der Waals surface area contributed by atoms with Gasteiger partial charge in [0.1, 0.15) is 31.9 Å².